The number of carbonyl (C=O) groups is 1. The number of benzene rings is 1. The summed E-state index contributed by atoms with van der Waals surface area (Å²) in [6.45, 7) is 6.35. The first-order chi connectivity index (χ1) is 11.1. The maximum atomic E-state index is 13.3. The van der Waals surface area contributed by atoms with Crippen LogP contribution >= 0.6 is 0 Å². The minimum absolute atomic E-state index is 0.0726. The number of hydrogen-bond acceptors (Lipinski definition) is 2. The van der Waals surface area contributed by atoms with E-state index in [1.54, 1.807) is 4.68 Å². The summed E-state index contributed by atoms with van der Waals surface area (Å²) in [7, 11) is 0. The average Bonchev–Trinajstić information content (AvgIpc) is 3.31. The zero-order valence-electron chi connectivity index (χ0n) is 14.2. The maximum absolute atomic E-state index is 13.3. The molecular formula is C20H24N2O. The predicted molar refractivity (Wildman–Crippen MR) is 91.0 cm³/mol. The molecule has 2 aliphatic carbocycles. The third-order valence-corrected chi connectivity index (χ3v) is 5.45. The van der Waals surface area contributed by atoms with Gasteiger partial charge in [-0.15, -0.1) is 0 Å². The van der Waals surface area contributed by atoms with Crippen molar-refractivity contribution in [3.05, 3.63) is 51.8 Å². The van der Waals surface area contributed by atoms with E-state index in [9.17, 15) is 4.79 Å². The molecule has 1 unspecified atom stereocenters. The molecule has 0 radical (unpaired) electrons. The highest BCUT2D eigenvalue weighted by Crippen LogP contribution is 2.42. The molecule has 3 heteroatoms. The van der Waals surface area contributed by atoms with Crippen LogP contribution in [0, 0.1) is 19.8 Å². The van der Waals surface area contributed by atoms with Gasteiger partial charge in [-0.05, 0) is 74.5 Å². The molecule has 0 N–H and O–H groups in total. The Morgan fingerprint density at radius 2 is 2.00 bits per heavy atom. The van der Waals surface area contributed by atoms with Gasteiger partial charge in [0, 0.05) is 5.56 Å². The molecule has 2 aromatic rings. The minimum Gasteiger partial charge on any atom is -0.267 e. The van der Waals surface area contributed by atoms with Crippen LogP contribution in [0.3, 0.4) is 0 Å². The van der Waals surface area contributed by atoms with Gasteiger partial charge in [0.15, 0.2) is 0 Å². The van der Waals surface area contributed by atoms with Gasteiger partial charge in [0.1, 0.15) is 0 Å². The fourth-order valence-corrected chi connectivity index (χ4v) is 3.96. The minimum atomic E-state index is 0.0726. The number of rotatable bonds is 2. The summed E-state index contributed by atoms with van der Waals surface area (Å²) < 4.78 is 1.72. The summed E-state index contributed by atoms with van der Waals surface area (Å²) in [5, 5.41) is 4.63. The van der Waals surface area contributed by atoms with Gasteiger partial charge < -0.3 is 0 Å². The van der Waals surface area contributed by atoms with Crippen LogP contribution in [0.25, 0.3) is 0 Å². The van der Waals surface area contributed by atoms with Crippen LogP contribution in [0.15, 0.2) is 18.2 Å². The second-order valence-electron chi connectivity index (χ2n) is 7.39. The Morgan fingerprint density at radius 1 is 1.22 bits per heavy atom. The zero-order chi connectivity index (χ0) is 16.1. The normalized spacial score (nSPS) is 20.4. The molecule has 0 amide bonds. The smallest absolute Gasteiger partial charge is 0.267 e. The largest absolute Gasteiger partial charge is 0.278 e. The topological polar surface area (TPSA) is 34.9 Å². The standard InChI is InChI=1S/C20H24N2O/c1-12-7-10-16-14(3)21-22(18(16)11-12)20(23)19-13(2)5-4-6-17(19)15-8-9-15/h4-6,12,15H,7-11H2,1-3H3. The fraction of sp³-hybridized carbons (Fsp3) is 0.500. The SMILES string of the molecule is Cc1cccc(C2CC2)c1C(=O)n1nc(C)c2c1CC(C)CC2. The molecular weight excluding hydrogens is 284 g/mol. The van der Waals surface area contributed by atoms with E-state index >= 15 is 0 Å². The molecule has 1 saturated carbocycles. The summed E-state index contributed by atoms with van der Waals surface area (Å²) in [4.78, 5) is 13.3. The fourth-order valence-electron chi connectivity index (χ4n) is 3.96. The van der Waals surface area contributed by atoms with Crippen molar-refractivity contribution in [2.45, 2.75) is 58.8 Å². The van der Waals surface area contributed by atoms with E-state index in [1.807, 2.05) is 19.9 Å². The van der Waals surface area contributed by atoms with Crippen LogP contribution in [0.5, 0.6) is 0 Å². The second kappa shape index (κ2) is 5.33. The third-order valence-electron chi connectivity index (χ3n) is 5.45. The molecule has 0 bridgehead atoms. The Morgan fingerprint density at radius 3 is 2.74 bits per heavy atom. The molecule has 0 aliphatic heterocycles. The summed E-state index contributed by atoms with van der Waals surface area (Å²) in [6.07, 6.45) is 5.63. The van der Waals surface area contributed by atoms with E-state index in [4.69, 9.17) is 0 Å². The monoisotopic (exact) mass is 308 g/mol. The number of carbonyl (C=O) groups excluding carboxylic acids is 1. The molecule has 0 saturated heterocycles. The molecule has 23 heavy (non-hydrogen) atoms. The van der Waals surface area contributed by atoms with Crippen molar-refractivity contribution < 1.29 is 4.79 Å². The Balaban J connectivity index is 1.82. The van der Waals surface area contributed by atoms with Gasteiger partial charge in [-0.1, -0.05) is 25.1 Å². The van der Waals surface area contributed by atoms with Gasteiger partial charge in [0.05, 0.1) is 11.4 Å². The van der Waals surface area contributed by atoms with Crippen molar-refractivity contribution in [2.75, 3.05) is 0 Å². The van der Waals surface area contributed by atoms with Crippen LogP contribution in [0.4, 0.5) is 0 Å². The van der Waals surface area contributed by atoms with Crippen LogP contribution in [-0.4, -0.2) is 15.7 Å². The lowest BCUT2D eigenvalue weighted by Gasteiger charge is -2.20. The Kier molecular flexibility index (Phi) is 3.40. The Hall–Kier alpha value is -1.90. The lowest BCUT2D eigenvalue weighted by atomic mass is 9.88. The first-order valence-corrected chi connectivity index (χ1v) is 8.78. The van der Waals surface area contributed by atoms with E-state index in [1.165, 1.54) is 30.4 Å². The van der Waals surface area contributed by atoms with Gasteiger partial charge >= 0.3 is 0 Å². The van der Waals surface area contributed by atoms with E-state index in [2.05, 4.69) is 24.2 Å². The van der Waals surface area contributed by atoms with E-state index in [0.717, 1.165) is 35.4 Å². The second-order valence-corrected chi connectivity index (χ2v) is 7.39. The molecule has 1 aromatic heterocycles. The van der Waals surface area contributed by atoms with E-state index < -0.39 is 0 Å². The number of hydrogen-bond donors (Lipinski definition) is 0. The van der Waals surface area contributed by atoms with E-state index in [-0.39, 0.29) is 5.91 Å². The molecule has 120 valence electrons. The quantitative estimate of drug-likeness (QED) is 0.833. The van der Waals surface area contributed by atoms with Crippen LogP contribution in [0.1, 0.15) is 70.5 Å². The van der Waals surface area contributed by atoms with Crippen molar-refractivity contribution in [3.8, 4) is 0 Å². The predicted octanol–water partition coefficient (Wildman–Crippen LogP) is 4.19. The van der Waals surface area contributed by atoms with Crippen LogP contribution in [0.2, 0.25) is 0 Å². The lowest BCUT2D eigenvalue weighted by Crippen LogP contribution is -2.22. The number of aromatic nitrogens is 2. The molecule has 1 heterocycles. The van der Waals surface area contributed by atoms with E-state index in [0.29, 0.717) is 11.8 Å². The number of nitrogens with zero attached hydrogens (tertiary/aromatic N) is 2. The third kappa shape index (κ3) is 2.43. The molecule has 2 aliphatic rings. The summed E-state index contributed by atoms with van der Waals surface area (Å²) in [5.74, 6) is 1.27. The van der Waals surface area contributed by atoms with Crippen molar-refractivity contribution in [2.24, 2.45) is 5.92 Å². The maximum Gasteiger partial charge on any atom is 0.278 e. The van der Waals surface area contributed by atoms with Gasteiger partial charge in [0.2, 0.25) is 0 Å². The highest BCUT2D eigenvalue weighted by molar-refractivity contribution is 5.99. The molecule has 4 rings (SSSR count). The van der Waals surface area contributed by atoms with Crippen molar-refractivity contribution >= 4 is 5.91 Å². The summed E-state index contributed by atoms with van der Waals surface area (Å²) in [5.41, 5.74) is 6.67. The molecule has 1 atom stereocenters. The summed E-state index contributed by atoms with van der Waals surface area (Å²) in [6, 6.07) is 6.25. The van der Waals surface area contributed by atoms with Crippen molar-refractivity contribution in [1.82, 2.24) is 9.78 Å². The van der Waals surface area contributed by atoms with Gasteiger partial charge in [-0.2, -0.15) is 5.10 Å². The Bertz CT molecular complexity index is 783. The molecule has 0 spiro atoms. The van der Waals surface area contributed by atoms with Gasteiger partial charge in [-0.3, -0.25) is 4.79 Å². The van der Waals surface area contributed by atoms with Crippen LogP contribution in [-0.2, 0) is 12.8 Å². The highest BCUT2D eigenvalue weighted by Gasteiger charge is 2.31. The zero-order valence-corrected chi connectivity index (χ0v) is 14.2. The molecule has 3 nitrogen and oxygen atoms in total. The molecule has 1 aromatic carbocycles. The number of aryl methyl sites for hydroxylation is 2. The first kappa shape index (κ1) is 14.7. The Labute approximate surface area is 137 Å². The summed E-state index contributed by atoms with van der Waals surface area (Å²) >= 11 is 0. The highest BCUT2D eigenvalue weighted by atomic mass is 16.2. The average molecular weight is 308 g/mol. The van der Waals surface area contributed by atoms with Gasteiger partial charge in [0.25, 0.3) is 5.91 Å². The number of fused-ring (bicyclic) bond motifs is 1. The van der Waals surface area contributed by atoms with Gasteiger partial charge in [-0.25, -0.2) is 4.68 Å². The first-order valence-electron chi connectivity index (χ1n) is 8.78. The van der Waals surface area contributed by atoms with Crippen molar-refractivity contribution in [3.63, 3.8) is 0 Å². The van der Waals surface area contributed by atoms with Crippen LogP contribution < -0.4 is 0 Å². The molecule has 1 fully saturated rings. The van der Waals surface area contributed by atoms with Crippen molar-refractivity contribution in [1.29, 1.82) is 0 Å². The lowest BCUT2D eigenvalue weighted by molar-refractivity contribution is 0.0938.